The van der Waals surface area contributed by atoms with Crippen LogP contribution in [-0.4, -0.2) is 10.2 Å². The molecule has 0 aliphatic rings. The third kappa shape index (κ3) is 2.60. The molecule has 0 saturated carbocycles. The summed E-state index contributed by atoms with van der Waals surface area (Å²) in [5.41, 5.74) is -0.979. The largest absolute Gasteiger partial charge is 0.274 e. The second-order valence-electron chi connectivity index (χ2n) is 2.45. The zero-order valence-corrected chi connectivity index (χ0v) is 9.88. The zero-order valence-electron chi connectivity index (χ0n) is 6.97. The summed E-state index contributed by atoms with van der Waals surface area (Å²) in [5, 5.41) is 7.65. The normalized spacial score (nSPS) is 10.1. The molecule has 0 aliphatic heterocycles. The fourth-order valence-electron chi connectivity index (χ4n) is 0.883. The van der Waals surface area contributed by atoms with Crippen LogP contribution >= 0.6 is 34.2 Å². The number of carbonyl (C=O) groups excluding carboxylic acids is 1. The summed E-state index contributed by atoms with van der Waals surface area (Å²) in [6.45, 7) is 0. The fraction of sp³-hybridized carbons (Fsp3) is 0.125. The maximum atomic E-state index is 12.5. The van der Waals surface area contributed by atoms with Crippen LogP contribution in [0.15, 0.2) is 6.07 Å². The third-order valence-electron chi connectivity index (χ3n) is 1.53. The average Bonchev–Trinajstić information content (AvgIpc) is 2.17. The number of nitrogens with zero attached hydrogens (tertiary/aromatic N) is 2. The second-order valence-corrected chi connectivity index (χ2v) is 3.87. The van der Waals surface area contributed by atoms with Gasteiger partial charge in [-0.1, -0.05) is 0 Å². The van der Waals surface area contributed by atoms with E-state index in [1.165, 1.54) is 0 Å². The maximum absolute atomic E-state index is 12.5. The third-order valence-corrected chi connectivity index (χ3v) is 2.86. The Kier molecular flexibility index (Phi) is 3.93. The van der Waals surface area contributed by atoms with Crippen molar-refractivity contribution in [1.29, 1.82) is 5.26 Å². The number of alkyl halides is 2. The van der Waals surface area contributed by atoms with Crippen LogP contribution in [0.4, 0.5) is 8.78 Å². The lowest BCUT2D eigenvalue weighted by molar-refractivity contribution is 0.107. The predicted molar refractivity (Wildman–Crippen MR) is 56.8 cm³/mol. The molecular formula is C8H2ClF2IN2O. The van der Waals surface area contributed by atoms with Gasteiger partial charge in [0.25, 0.3) is 11.7 Å². The van der Waals surface area contributed by atoms with E-state index in [2.05, 4.69) is 4.98 Å². The number of hydrogen-bond donors (Lipinski definition) is 0. The molecule has 1 aromatic rings. The topological polar surface area (TPSA) is 53.8 Å². The van der Waals surface area contributed by atoms with Crippen LogP contribution in [0.2, 0.25) is 0 Å². The summed E-state index contributed by atoms with van der Waals surface area (Å²) in [6, 6.07) is 2.51. The van der Waals surface area contributed by atoms with Gasteiger partial charge in [-0.15, -0.1) is 0 Å². The average molecular weight is 342 g/mol. The Morgan fingerprint density at radius 1 is 1.67 bits per heavy atom. The van der Waals surface area contributed by atoms with Crippen molar-refractivity contribution in [3.63, 3.8) is 0 Å². The fourth-order valence-corrected chi connectivity index (χ4v) is 1.61. The highest BCUT2D eigenvalue weighted by Crippen LogP contribution is 2.27. The summed E-state index contributed by atoms with van der Waals surface area (Å²) >= 11 is 6.68. The van der Waals surface area contributed by atoms with Gasteiger partial charge in [-0.3, -0.25) is 4.79 Å². The first-order valence-corrected chi connectivity index (χ1v) is 5.01. The van der Waals surface area contributed by atoms with Crippen LogP contribution in [0.25, 0.3) is 0 Å². The first-order valence-electron chi connectivity index (χ1n) is 3.56. The highest BCUT2D eigenvalue weighted by molar-refractivity contribution is 14.1. The number of nitriles is 1. The number of aromatic nitrogens is 1. The molecule has 0 N–H and O–H groups in total. The minimum Gasteiger partial charge on any atom is -0.274 e. The summed E-state index contributed by atoms with van der Waals surface area (Å²) in [6.07, 6.45) is -2.78. The first kappa shape index (κ1) is 12.3. The minimum atomic E-state index is -2.78. The molecule has 1 heterocycles. The van der Waals surface area contributed by atoms with Crippen molar-refractivity contribution >= 4 is 39.4 Å². The number of hydrogen-bond acceptors (Lipinski definition) is 3. The van der Waals surface area contributed by atoms with E-state index in [0.717, 1.165) is 6.07 Å². The van der Waals surface area contributed by atoms with Gasteiger partial charge in [0.05, 0.1) is 3.57 Å². The quantitative estimate of drug-likeness (QED) is 0.613. The van der Waals surface area contributed by atoms with Crippen LogP contribution < -0.4 is 0 Å². The Balaban J connectivity index is 3.47. The van der Waals surface area contributed by atoms with Gasteiger partial charge >= 0.3 is 0 Å². The highest BCUT2D eigenvalue weighted by Gasteiger charge is 2.19. The maximum Gasteiger partial charge on any atom is 0.270 e. The SMILES string of the molecule is N#Cc1nc(C(=O)Cl)cc(C(F)F)c1I. The molecule has 0 saturated heterocycles. The van der Waals surface area contributed by atoms with Crippen molar-refractivity contribution in [3.8, 4) is 6.07 Å². The molecule has 0 fully saturated rings. The van der Waals surface area contributed by atoms with E-state index in [0.29, 0.717) is 0 Å². The second kappa shape index (κ2) is 4.81. The van der Waals surface area contributed by atoms with Gasteiger partial charge in [-0.25, -0.2) is 13.8 Å². The van der Waals surface area contributed by atoms with Crippen molar-refractivity contribution in [2.75, 3.05) is 0 Å². The zero-order chi connectivity index (χ0) is 11.6. The molecule has 78 valence electrons. The molecule has 7 heteroatoms. The molecule has 0 unspecified atom stereocenters. The van der Waals surface area contributed by atoms with Crippen LogP contribution in [-0.2, 0) is 0 Å². The minimum absolute atomic E-state index is 0.0340. The van der Waals surface area contributed by atoms with Gasteiger partial charge in [-0.2, -0.15) is 5.26 Å². The molecule has 1 aromatic heterocycles. The van der Waals surface area contributed by atoms with E-state index in [1.807, 2.05) is 0 Å². The monoisotopic (exact) mass is 342 g/mol. The van der Waals surface area contributed by atoms with Crippen LogP contribution in [0, 0.1) is 14.9 Å². The molecule has 0 aromatic carbocycles. The molecule has 0 spiro atoms. The predicted octanol–water partition coefficient (Wildman–Crippen LogP) is 2.87. The number of halogens is 4. The standard InChI is InChI=1S/C8H2ClF2IN2O/c9-7(15)4-1-3(8(10)11)6(12)5(2-13)14-4/h1,8H. The van der Waals surface area contributed by atoms with E-state index >= 15 is 0 Å². The number of carbonyl (C=O) groups is 1. The van der Waals surface area contributed by atoms with Crippen LogP contribution in [0.1, 0.15) is 28.2 Å². The summed E-state index contributed by atoms with van der Waals surface area (Å²) in [5.74, 6) is 0. The highest BCUT2D eigenvalue weighted by atomic mass is 127. The van der Waals surface area contributed by atoms with Crippen LogP contribution in [0.5, 0.6) is 0 Å². The lowest BCUT2D eigenvalue weighted by atomic mass is 10.2. The summed E-state index contributed by atoms with van der Waals surface area (Å²) in [7, 11) is 0. The molecule has 0 aliphatic carbocycles. The number of pyridine rings is 1. The van der Waals surface area contributed by atoms with E-state index in [-0.39, 0.29) is 15.0 Å². The van der Waals surface area contributed by atoms with E-state index in [1.54, 1.807) is 28.7 Å². The molecular weight excluding hydrogens is 340 g/mol. The van der Waals surface area contributed by atoms with Crippen molar-refractivity contribution < 1.29 is 13.6 Å². The van der Waals surface area contributed by atoms with Gasteiger partial charge in [0, 0.05) is 5.56 Å². The lowest BCUT2D eigenvalue weighted by Crippen LogP contribution is -2.03. The molecule has 3 nitrogen and oxygen atoms in total. The van der Waals surface area contributed by atoms with E-state index in [9.17, 15) is 13.6 Å². The van der Waals surface area contributed by atoms with Crippen LogP contribution in [0.3, 0.4) is 0 Å². The molecule has 0 radical (unpaired) electrons. The Hall–Kier alpha value is -0.810. The van der Waals surface area contributed by atoms with Crippen molar-refractivity contribution in [3.05, 3.63) is 26.6 Å². The Labute approximate surface area is 102 Å². The number of rotatable bonds is 2. The lowest BCUT2D eigenvalue weighted by Gasteiger charge is -2.05. The molecule has 0 amide bonds. The van der Waals surface area contributed by atoms with Gasteiger partial charge < -0.3 is 0 Å². The molecule has 1 rings (SSSR count). The van der Waals surface area contributed by atoms with Crippen molar-refractivity contribution in [1.82, 2.24) is 4.98 Å². The molecule has 0 bridgehead atoms. The smallest absolute Gasteiger partial charge is 0.270 e. The molecule has 15 heavy (non-hydrogen) atoms. The Morgan fingerprint density at radius 2 is 2.27 bits per heavy atom. The summed E-state index contributed by atoms with van der Waals surface area (Å²) in [4.78, 5) is 14.3. The van der Waals surface area contributed by atoms with Crippen molar-refractivity contribution in [2.24, 2.45) is 0 Å². The first-order chi connectivity index (χ1) is 6.97. The van der Waals surface area contributed by atoms with E-state index < -0.39 is 17.2 Å². The van der Waals surface area contributed by atoms with Gasteiger partial charge in [-0.05, 0) is 40.3 Å². The van der Waals surface area contributed by atoms with Gasteiger partial charge in [0.1, 0.15) is 11.8 Å². The van der Waals surface area contributed by atoms with Gasteiger partial charge in [0.15, 0.2) is 5.69 Å². The van der Waals surface area contributed by atoms with Crippen molar-refractivity contribution in [2.45, 2.75) is 6.43 Å². The Bertz CT molecular complexity index is 459. The Morgan fingerprint density at radius 3 is 2.67 bits per heavy atom. The summed E-state index contributed by atoms with van der Waals surface area (Å²) < 4.78 is 25.0. The van der Waals surface area contributed by atoms with E-state index in [4.69, 9.17) is 16.9 Å². The molecule has 0 atom stereocenters. The van der Waals surface area contributed by atoms with Gasteiger partial charge in [0.2, 0.25) is 0 Å².